The molecule has 0 radical (unpaired) electrons. The fourth-order valence-corrected chi connectivity index (χ4v) is 3.35. The third-order valence-electron chi connectivity index (χ3n) is 4.92. The van der Waals surface area contributed by atoms with Crippen LogP contribution in [0.5, 0.6) is 0 Å². The van der Waals surface area contributed by atoms with E-state index in [-0.39, 0.29) is 11.8 Å². The topological polar surface area (TPSA) is 86.8 Å². The molecular formula is C19H29N5O3. The lowest BCUT2D eigenvalue weighted by Gasteiger charge is -2.26. The van der Waals surface area contributed by atoms with Gasteiger partial charge in [0.25, 0.3) is 5.91 Å². The predicted molar refractivity (Wildman–Crippen MR) is 103 cm³/mol. The molecule has 8 heteroatoms. The van der Waals surface area contributed by atoms with Crippen LogP contribution in [0.4, 0.5) is 5.82 Å². The maximum Gasteiger partial charge on any atom is 0.251 e. The molecule has 2 fully saturated rings. The summed E-state index contributed by atoms with van der Waals surface area (Å²) in [6, 6.07) is 3.49. The van der Waals surface area contributed by atoms with Gasteiger partial charge < -0.3 is 20.3 Å². The number of anilines is 1. The summed E-state index contributed by atoms with van der Waals surface area (Å²) >= 11 is 0. The van der Waals surface area contributed by atoms with Crippen LogP contribution in [-0.2, 0) is 9.53 Å². The number of pyridine rings is 1. The first-order valence-electron chi connectivity index (χ1n) is 9.78. The van der Waals surface area contributed by atoms with Gasteiger partial charge in [-0.3, -0.25) is 14.5 Å². The molecule has 2 saturated heterocycles. The van der Waals surface area contributed by atoms with Gasteiger partial charge in [0, 0.05) is 64.0 Å². The Hall–Kier alpha value is -2.19. The van der Waals surface area contributed by atoms with Gasteiger partial charge in [-0.15, -0.1) is 0 Å². The molecule has 0 spiro atoms. The van der Waals surface area contributed by atoms with Crippen LogP contribution in [0.2, 0.25) is 0 Å². The lowest BCUT2D eigenvalue weighted by Crippen LogP contribution is -2.39. The average Bonchev–Trinajstić information content (AvgIpc) is 3.11. The summed E-state index contributed by atoms with van der Waals surface area (Å²) in [6.07, 6.45) is 4.02. The first-order chi connectivity index (χ1) is 13.2. The van der Waals surface area contributed by atoms with Crippen LogP contribution < -0.4 is 10.6 Å². The summed E-state index contributed by atoms with van der Waals surface area (Å²) in [5.41, 5.74) is 0.594. The summed E-state index contributed by atoms with van der Waals surface area (Å²) in [7, 11) is 0. The van der Waals surface area contributed by atoms with Gasteiger partial charge in [0.05, 0.1) is 13.2 Å². The van der Waals surface area contributed by atoms with Crippen LogP contribution in [-0.4, -0.2) is 85.6 Å². The quantitative estimate of drug-likeness (QED) is 0.614. The number of likely N-dealkylation sites (tertiary alicyclic amines) is 1. The summed E-state index contributed by atoms with van der Waals surface area (Å²) in [4.78, 5) is 32.4. The van der Waals surface area contributed by atoms with E-state index in [1.165, 1.54) is 0 Å². The Labute approximate surface area is 160 Å². The SMILES string of the molecule is O=C(NCCCN1CCCC1=O)c1ccnc(NCCN2CCOCC2)c1. The average molecular weight is 375 g/mol. The van der Waals surface area contributed by atoms with E-state index in [9.17, 15) is 9.59 Å². The van der Waals surface area contributed by atoms with Crippen molar-refractivity contribution in [1.29, 1.82) is 0 Å². The summed E-state index contributed by atoms with van der Waals surface area (Å²) in [6.45, 7) is 7.32. The van der Waals surface area contributed by atoms with Crippen molar-refractivity contribution in [3.05, 3.63) is 23.9 Å². The number of carbonyl (C=O) groups excluding carboxylic acids is 2. The van der Waals surface area contributed by atoms with Crippen LogP contribution in [0.15, 0.2) is 18.3 Å². The predicted octanol–water partition coefficient (Wildman–Crippen LogP) is 0.568. The highest BCUT2D eigenvalue weighted by molar-refractivity contribution is 5.94. The number of nitrogens with one attached hydrogen (secondary N) is 2. The molecule has 1 aromatic heterocycles. The van der Waals surface area contributed by atoms with Gasteiger partial charge in [-0.25, -0.2) is 4.98 Å². The number of nitrogens with zero attached hydrogens (tertiary/aromatic N) is 3. The Morgan fingerprint density at radius 3 is 2.81 bits per heavy atom. The number of carbonyl (C=O) groups is 2. The van der Waals surface area contributed by atoms with Gasteiger partial charge in [0.2, 0.25) is 5.91 Å². The van der Waals surface area contributed by atoms with Crippen molar-refractivity contribution in [3.8, 4) is 0 Å². The van der Waals surface area contributed by atoms with Crippen LogP contribution in [0.25, 0.3) is 0 Å². The van der Waals surface area contributed by atoms with Gasteiger partial charge in [-0.05, 0) is 25.0 Å². The minimum atomic E-state index is -0.110. The molecule has 2 amide bonds. The van der Waals surface area contributed by atoms with Gasteiger partial charge in [-0.2, -0.15) is 0 Å². The van der Waals surface area contributed by atoms with Crippen molar-refractivity contribution in [3.63, 3.8) is 0 Å². The zero-order chi connectivity index (χ0) is 18.9. The Morgan fingerprint density at radius 2 is 2.04 bits per heavy atom. The Morgan fingerprint density at radius 1 is 1.19 bits per heavy atom. The highest BCUT2D eigenvalue weighted by atomic mass is 16.5. The first-order valence-corrected chi connectivity index (χ1v) is 9.78. The van der Waals surface area contributed by atoms with E-state index in [0.29, 0.717) is 30.9 Å². The van der Waals surface area contributed by atoms with Crippen molar-refractivity contribution in [2.24, 2.45) is 0 Å². The fraction of sp³-hybridized carbons (Fsp3) is 0.632. The Balaban J connectivity index is 1.36. The number of morpholine rings is 1. The summed E-state index contributed by atoms with van der Waals surface area (Å²) in [5, 5.41) is 6.20. The van der Waals surface area contributed by atoms with Crippen LogP contribution in [0, 0.1) is 0 Å². The van der Waals surface area contributed by atoms with Gasteiger partial charge in [-0.1, -0.05) is 0 Å². The van der Waals surface area contributed by atoms with E-state index in [1.54, 1.807) is 18.3 Å². The molecule has 2 aliphatic rings. The molecule has 3 heterocycles. The van der Waals surface area contributed by atoms with Crippen molar-refractivity contribution < 1.29 is 14.3 Å². The molecule has 0 saturated carbocycles. The zero-order valence-electron chi connectivity index (χ0n) is 15.8. The molecule has 0 aliphatic carbocycles. The highest BCUT2D eigenvalue weighted by Gasteiger charge is 2.19. The third kappa shape index (κ3) is 6.18. The van der Waals surface area contributed by atoms with E-state index >= 15 is 0 Å². The lowest BCUT2D eigenvalue weighted by molar-refractivity contribution is -0.127. The number of amides is 2. The molecule has 148 valence electrons. The maximum atomic E-state index is 12.3. The second kappa shape index (κ2) is 10.2. The normalized spacial score (nSPS) is 17.9. The highest BCUT2D eigenvalue weighted by Crippen LogP contribution is 2.10. The fourth-order valence-electron chi connectivity index (χ4n) is 3.35. The monoisotopic (exact) mass is 375 g/mol. The minimum absolute atomic E-state index is 0.110. The molecule has 0 unspecified atom stereocenters. The molecule has 2 aliphatic heterocycles. The molecule has 1 aromatic rings. The molecule has 2 N–H and O–H groups in total. The van der Waals surface area contributed by atoms with E-state index in [1.807, 2.05) is 4.90 Å². The van der Waals surface area contributed by atoms with E-state index in [0.717, 1.165) is 58.8 Å². The number of rotatable bonds is 9. The van der Waals surface area contributed by atoms with Crippen molar-refractivity contribution in [2.75, 3.05) is 64.3 Å². The van der Waals surface area contributed by atoms with E-state index in [4.69, 9.17) is 4.74 Å². The van der Waals surface area contributed by atoms with Crippen molar-refractivity contribution in [1.82, 2.24) is 20.1 Å². The van der Waals surface area contributed by atoms with Crippen molar-refractivity contribution in [2.45, 2.75) is 19.3 Å². The molecule has 0 aromatic carbocycles. The number of aromatic nitrogens is 1. The minimum Gasteiger partial charge on any atom is -0.379 e. The van der Waals surface area contributed by atoms with Crippen molar-refractivity contribution >= 4 is 17.6 Å². The molecular weight excluding hydrogens is 346 g/mol. The largest absolute Gasteiger partial charge is 0.379 e. The zero-order valence-corrected chi connectivity index (χ0v) is 15.8. The Kier molecular flexibility index (Phi) is 7.41. The van der Waals surface area contributed by atoms with E-state index in [2.05, 4.69) is 20.5 Å². The second-order valence-corrected chi connectivity index (χ2v) is 6.90. The number of hydrogen-bond donors (Lipinski definition) is 2. The van der Waals surface area contributed by atoms with Gasteiger partial charge in [0.1, 0.15) is 5.82 Å². The molecule has 0 bridgehead atoms. The number of hydrogen-bond acceptors (Lipinski definition) is 6. The molecule has 8 nitrogen and oxygen atoms in total. The second-order valence-electron chi connectivity index (χ2n) is 6.90. The summed E-state index contributed by atoms with van der Waals surface area (Å²) < 4.78 is 5.34. The van der Waals surface area contributed by atoms with Gasteiger partial charge >= 0.3 is 0 Å². The van der Waals surface area contributed by atoms with Gasteiger partial charge in [0.15, 0.2) is 0 Å². The lowest BCUT2D eigenvalue weighted by atomic mass is 10.2. The third-order valence-corrected chi connectivity index (χ3v) is 4.92. The smallest absolute Gasteiger partial charge is 0.251 e. The van der Waals surface area contributed by atoms with Crippen LogP contribution in [0.3, 0.4) is 0 Å². The molecule has 0 atom stereocenters. The first kappa shape index (κ1) is 19.6. The van der Waals surface area contributed by atoms with Crippen LogP contribution >= 0.6 is 0 Å². The standard InChI is InChI=1S/C19H29N5O3/c25-18-3-1-8-24(18)9-2-5-22-19(26)16-4-6-20-17(15-16)21-7-10-23-11-13-27-14-12-23/h4,6,15H,1-3,5,7-14H2,(H,20,21)(H,22,26). The number of ether oxygens (including phenoxy) is 1. The molecule has 3 rings (SSSR count). The van der Waals surface area contributed by atoms with Crippen LogP contribution in [0.1, 0.15) is 29.6 Å². The summed E-state index contributed by atoms with van der Waals surface area (Å²) in [5.74, 6) is 0.822. The molecule has 27 heavy (non-hydrogen) atoms. The van der Waals surface area contributed by atoms with E-state index < -0.39 is 0 Å². The Bertz CT molecular complexity index is 634. The maximum absolute atomic E-state index is 12.3.